The van der Waals surface area contributed by atoms with Gasteiger partial charge < -0.3 is 0 Å². The molecule has 4 nitrogen and oxygen atoms in total. The average Bonchev–Trinajstić information content (AvgIpc) is 2.89. The summed E-state index contributed by atoms with van der Waals surface area (Å²) in [6.07, 6.45) is 0. The second-order valence-corrected chi connectivity index (χ2v) is 6.62. The summed E-state index contributed by atoms with van der Waals surface area (Å²) in [5.41, 5.74) is 0. The van der Waals surface area contributed by atoms with Crippen LogP contribution in [0.15, 0.2) is 15.9 Å². The molecule has 0 aliphatic carbocycles. The van der Waals surface area contributed by atoms with E-state index in [9.17, 15) is 8.42 Å². The fraction of sp³-hybridized carbons (Fsp3) is 0.429. The first-order chi connectivity index (χ1) is 6.58. The predicted molar refractivity (Wildman–Crippen MR) is 59.4 cm³/mol. The Morgan fingerprint density at radius 3 is 2.79 bits per heavy atom. The van der Waals surface area contributed by atoms with Crippen LogP contribution in [0, 0.1) is 0 Å². The molecule has 0 amide bonds. The summed E-state index contributed by atoms with van der Waals surface area (Å²) < 4.78 is 27.7. The third kappa shape index (κ3) is 2.54. The van der Waals surface area contributed by atoms with Crippen molar-refractivity contribution >= 4 is 37.5 Å². The molecule has 1 aromatic rings. The fourth-order valence-corrected chi connectivity index (χ4v) is 3.55. The molecule has 0 unspecified atom stereocenters. The van der Waals surface area contributed by atoms with Crippen molar-refractivity contribution in [1.82, 2.24) is 9.03 Å². The number of nitrogens with zero attached hydrogens (tertiary/aromatic N) is 1. The summed E-state index contributed by atoms with van der Waals surface area (Å²) in [4.78, 5) is 1.00. The van der Waals surface area contributed by atoms with E-state index in [0.29, 0.717) is 19.6 Å². The lowest BCUT2D eigenvalue weighted by Gasteiger charge is -2.04. The molecule has 0 radical (unpaired) electrons. The molecule has 78 valence electrons. The Bertz CT molecular complexity index is 425. The molecule has 1 aliphatic heterocycles. The summed E-state index contributed by atoms with van der Waals surface area (Å²) in [7, 11) is -3.20. The second-order valence-electron chi connectivity index (χ2n) is 2.96. The van der Waals surface area contributed by atoms with Crippen molar-refractivity contribution in [2.75, 3.05) is 13.1 Å². The van der Waals surface area contributed by atoms with E-state index in [1.807, 2.05) is 11.4 Å². The van der Waals surface area contributed by atoms with E-state index in [-0.39, 0.29) is 0 Å². The highest BCUT2D eigenvalue weighted by Crippen LogP contribution is 2.20. The number of hydrogen-bond donors (Lipinski definition) is 1. The highest BCUT2D eigenvalue weighted by atomic mass is 79.9. The topological polar surface area (TPSA) is 49.2 Å². The van der Waals surface area contributed by atoms with Gasteiger partial charge in [0.2, 0.25) is 0 Å². The quantitative estimate of drug-likeness (QED) is 0.848. The molecule has 14 heavy (non-hydrogen) atoms. The maximum atomic E-state index is 11.4. The van der Waals surface area contributed by atoms with Crippen molar-refractivity contribution in [3.8, 4) is 0 Å². The number of halogens is 1. The summed E-state index contributed by atoms with van der Waals surface area (Å²) in [6.45, 7) is 1.65. The third-order valence-corrected chi connectivity index (χ3v) is 5.05. The summed E-state index contributed by atoms with van der Waals surface area (Å²) in [5, 5.41) is 1.93. The van der Waals surface area contributed by atoms with E-state index in [1.165, 1.54) is 15.6 Å². The zero-order chi connectivity index (χ0) is 10.2. The van der Waals surface area contributed by atoms with Crippen molar-refractivity contribution in [3.05, 3.63) is 20.8 Å². The van der Waals surface area contributed by atoms with Gasteiger partial charge in [-0.05, 0) is 22.0 Å². The minimum atomic E-state index is -3.20. The maximum Gasteiger partial charge on any atom is 0.279 e. The number of thiophene rings is 1. The summed E-state index contributed by atoms with van der Waals surface area (Å²) in [5.74, 6) is 0. The van der Waals surface area contributed by atoms with Crippen LogP contribution < -0.4 is 4.72 Å². The van der Waals surface area contributed by atoms with Crippen LogP contribution >= 0.6 is 27.3 Å². The van der Waals surface area contributed by atoms with E-state index >= 15 is 0 Å². The molecule has 1 aliphatic rings. The first kappa shape index (κ1) is 10.6. The van der Waals surface area contributed by atoms with Crippen LogP contribution in [0.4, 0.5) is 0 Å². The molecule has 0 spiro atoms. The zero-order valence-corrected chi connectivity index (χ0v) is 10.5. The highest BCUT2D eigenvalue weighted by Gasteiger charge is 2.31. The van der Waals surface area contributed by atoms with Crippen molar-refractivity contribution in [2.24, 2.45) is 0 Å². The normalized spacial score (nSPS) is 17.2. The Labute approximate surface area is 95.2 Å². The molecule has 0 bridgehead atoms. The van der Waals surface area contributed by atoms with Gasteiger partial charge >= 0.3 is 0 Å². The van der Waals surface area contributed by atoms with Crippen LogP contribution in [0.2, 0.25) is 0 Å². The van der Waals surface area contributed by atoms with Crippen molar-refractivity contribution in [3.63, 3.8) is 0 Å². The maximum absolute atomic E-state index is 11.4. The molecule has 2 heterocycles. The van der Waals surface area contributed by atoms with Gasteiger partial charge in [-0.2, -0.15) is 17.4 Å². The Morgan fingerprint density at radius 2 is 2.29 bits per heavy atom. The van der Waals surface area contributed by atoms with Crippen molar-refractivity contribution < 1.29 is 8.42 Å². The Balaban J connectivity index is 1.94. The third-order valence-electron chi connectivity index (χ3n) is 1.80. The molecule has 7 heteroatoms. The van der Waals surface area contributed by atoms with Gasteiger partial charge in [0.15, 0.2) is 0 Å². The zero-order valence-electron chi connectivity index (χ0n) is 7.23. The SMILES string of the molecule is O=S(=O)(NCc1cc(Br)cs1)N1CC1. The van der Waals surface area contributed by atoms with E-state index < -0.39 is 10.2 Å². The Morgan fingerprint density at radius 1 is 1.57 bits per heavy atom. The molecule has 1 fully saturated rings. The standard InChI is InChI=1S/C7H9BrN2O2S2/c8-6-3-7(13-5-6)4-9-14(11,12)10-1-2-10/h3,5,9H,1-2,4H2. The molecule has 2 rings (SSSR count). The van der Waals surface area contributed by atoms with Gasteiger partial charge in [0, 0.05) is 34.4 Å². The molecule has 1 saturated heterocycles. The Hall–Kier alpha value is 0.0500. The lowest BCUT2D eigenvalue weighted by Crippen LogP contribution is -2.28. The van der Waals surface area contributed by atoms with Crippen LogP contribution in [0.3, 0.4) is 0 Å². The first-order valence-electron chi connectivity index (χ1n) is 4.05. The first-order valence-corrected chi connectivity index (χ1v) is 7.17. The van der Waals surface area contributed by atoms with Crippen LogP contribution in [-0.4, -0.2) is 25.8 Å². The monoisotopic (exact) mass is 296 g/mol. The van der Waals surface area contributed by atoms with Gasteiger partial charge in [0.1, 0.15) is 0 Å². The number of rotatable bonds is 4. The second kappa shape index (κ2) is 3.90. The highest BCUT2D eigenvalue weighted by molar-refractivity contribution is 9.10. The predicted octanol–water partition coefficient (Wildman–Crippen LogP) is 1.16. The lowest BCUT2D eigenvalue weighted by atomic mass is 10.5. The van der Waals surface area contributed by atoms with Crippen LogP contribution in [0.5, 0.6) is 0 Å². The van der Waals surface area contributed by atoms with Crippen LogP contribution in [0.1, 0.15) is 4.88 Å². The lowest BCUT2D eigenvalue weighted by molar-refractivity contribution is 0.547. The van der Waals surface area contributed by atoms with Crippen LogP contribution in [-0.2, 0) is 16.8 Å². The van der Waals surface area contributed by atoms with E-state index in [1.54, 1.807) is 0 Å². The van der Waals surface area contributed by atoms with Gasteiger partial charge in [0.05, 0.1) is 0 Å². The average molecular weight is 297 g/mol. The molecule has 0 saturated carbocycles. The largest absolute Gasteiger partial charge is 0.279 e. The fourth-order valence-electron chi connectivity index (χ4n) is 0.981. The molecular weight excluding hydrogens is 288 g/mol. The smallest absolute Gasteiger partial charge is 0.197 e. The van der Waals surface area contributed by atoms with Gasteiger partial charge in [-0.15, -0.1) is 11.3 Å². The minimum absolute atomic E-state index is 0.370. The van der Waals surface area contributed by atoms with Gasteiger partial charge in [-0.3, -0.25) is 0 Å². The van der Waals surface area contributed by atoms with Gasteiger partial charge in [-0.25, -0.2) is 0 Å². The summed E-state index contributed by atoms with van der Waals surface area (Å²) >= 11 is 4.85. The van der Waals surface area contributed by atoms with Crippen molar-refractivity contribution in [2.45, 2.75) is 6.54 Å². The molecular formula is C7H9BrN2O2S2. The van der Waals surface area contributed by atoms with Gasteiger partial charge in [0.25, 0.3) is 10.2 Å². The Kier molecular flexibility index (Phi) is 2.94. The number of nitrogens with one attached hydrogen (secondary N) is 1. The van der Waals surface area contributed by atoms with E-state index in [2.05, 4.69) is 20.7 Å². The molecule has 0 atom stereocenters. The van der Waals surface area contributed by atoms with Gasteiger partial charge in [-0.1, -0.05) is 0 Å². The summed E-state index contributed by atoms with van der Waals surface area (Å²) in [6, 6.07) is 1.91. The van der Waals surface area contributed by atoms with E-state index in [4.69, 9.17) is 0 Å². The van der Waals surface area contributed by atoms with E-state index in [0.717, 1.165) is 9.35 Å². The molecule has 1 N–H and O–H groups in total. The van der Waals surface area contributed by atoms with Crippen molar-refractivity contribution in [1.29, 1.82) is 0 Å². The molecule has 0 aromatic carbocycles. The minimum Gasteiger partial charge on any atom is -0.197 e. The number of hydrogen-bond acceptors (Lipinski definition) is 3. The van der Waals surface area contributed by atoms with Crippen LogP contribution in [0.25, 0.3) is 0 Å². The molecule has 1 aromatic heterocycles.